The van der Waals surface area contributed by atoms with Crippen molar-refractivity contribution >= 4 is 28.4 Å². The fourth-order valence-electron chi connectivity index (χ4n) is 2.69. The van der Waals surface area contributed by atoms with E-state index in [2.05, 4.69) is 40.8 Å². The van der Waals surface area contributed by atoms with Crippen LogP contribution < -0.4 is 0 Å². The van der Waals surface area contributed by atoms with Crippen LogP contribution in [0.2, 0.25) is 0 Å². The first-order chi connectivity index (χ1) is 6.27. The van der Waals surface area contributed by atoms with Gasteiger partial charge in [-0.3, -0.25) is 4.79 Å². The molecule has 1 aromatic carbocycles. The van der Waals surface area contributed by atoms with E-state index in [0.717, 1.165) is 12.8 Å². The monoisotopic (exact) mass is 284 g/mol. The van der Waals surface area contributed by atoms with Gasteiger partial charge in [0.25, 0.3) is 0 Å². The normalized spacial score (nSPS) is 29.5. The molecule has 2 unspecified atom stereocenters. The first kappa shape index (κ1) is 7.97. The topological polar surface area (TPSA) is 17.1 Å². The zero-order valence-electron chi connectivity index (χ0n) is 7.09. The summed E-state index contributed by atoms with van der Waals surface area (Å²) in [7, 11) is 0. The molecule has 0 saturated heterocycles. The number of halogens is 1. The lowest BCUT2D eigenvalue weighted by Gasteiger charge is -2.15. The molecule has 2 aliphatic carbocycles. The second kappa shape index (κ2) is 2.56. The minimum absolute atomic E-state index is 0.245. The van der Waals surface area contributed by atoms with Crippen LogP contribution in [0.25, 0.3) is 0 Å². The third-order valence-electron chi connectivity index (χ3n) is 3.23. The molecule has 13 heavy (non-hydrogen) atoms. The highest BCUT2D eigenvalue weighted by Gasteiger charge is 2.43. The molecule has 1 saturated carbocycles. The predicted molar refractivity (Wildman–Crippen MR) is 58.9 cm³/mol. The van der Waals surface area contributed by atoms with E-state index >= 15 is 0 Å². The predicted octanol–water partition coefficient (Wildman–Crippen LogP) is 2.83. The number of carbonyl (C=O) groups is 1. The first-order valence-electron chi connectivity index (χ1n) is 4.58. The highest BCUT2D eigenvalue weighted by atomic mass is 127. The van der Waals surface area contributed by atoms with Crippen LogP contribution in [0, 0.1) is 3.57 Å². The third-order valence-corrected chi connectivity index (χ3v) is 4.17. The number of rotatable bonds is 0. The Morgan fingerprint density at radius 1 is 1.38 bits per heavy atom. The van der Waals surface area contributed by atoms with Gasteiger partial charge >= 0.3 is 0 Å². The van der Waals surface area contributed by atoms with E-state index in [0.29, 0.717) is 11.7 Å². The zero-order chi connectivity index (χ0) is 9.00. The molecular weight excluding hydrogens is 275 g/mol. The number of hydrogen-bond acceptors (Lipinski definition) is 1. The SMILES string of the molecule is O=C1CC2CC1c1cccc(I)c12. The average molecular weight is 284 g/mol. The summed E-state index contributed by atoms with van der Waals surface area (Å²) in [5.41, 5.74) is 2.78. The van der Waals surface area contributed by atoms with Crippen LogP contribution in [0.3, 0.4) is 0 Å². The Morgan fingerprint density at radius 3 is 3.08 bits per heavy atom. The molecule has 0 radical (unpaired) electrons. The lowest BCUT2D eigenvalue weighted by Crippen LogP contribution is -2.09. The summed E-state index contributed by atoms with van der Waals surface area (Å²) >= 11 is 2.38. The van der Waals surface area contributed by atoms with Crippen molar-refractivity contribution in [1.82, 2.24) is 0 Å². The van der Waals surface area contributed by atoms with E-state index in [1.54, 1.807) is 0 Å². The van der Waals surface area contributed by atoms with Crippen LogP contribution in [-0.4, -0.2) is 5.78 Å². The lowest BCUT2D eigenvalue weighted by molar-refractivity contribution is -0.118. The molecule has 2 aliphatic rings. The third kappa shape index (κ3) is 0.951. The highest BCUT2D eigenvalue weighted by Crippen LogP contribution is 2.52. The van der Waals surface area contributed by atoms with Crippen LogP contribution in [0.5, 0.6) is 0 Å². The van der Waals surface area contributed by atoms with Gasteiger partial charge in [0.1, 0.15) is 5.78 Å². The molecule has 0 N–H and O–H groups in total. The van der Waals surface area contributed by atoms with E-state index in [1.807, 2.05) is 0 Å². The summed E-state index contributed by atoms with van der Waals surface area (Å²) in [5.74, 6) is 1.25. The maximum absolute atomic E-state index is 11.5. The fraction of sp³-hybridized carbons (Fsp3) is 0.364. The van der Waals surface area contributed by atoms with E-state index < -0.39 is 0 Å². The second-order valence-corrected chi connectivity index (χ2v) is 5.06. The Labute approximate surface area is 90.7 Å². The highest BCUT2D eigenvalue weighted by molar-refractivity contribution is 14.1. The molecule has 2 heteroatoms. The summed E-state index contributed by atoms with van der Waals surface area (Å²) < 4.78 is 1.34. The van der Waals surface area contributed by atoms with Gasteiger partial charge in [0.05, 0.1) is 0 Å². The van der Waals surface area contributed by atoms with Gasteiger partial charge in [-0.1, -0.05) is 12.1 Å². The van der Waals surface area contributed by atoms with Gasteiger partial charge in [0, 0.05) is 15.9 Å². The van der Waals surface area contributed by atoms with E-state index in [-0.39, 0.29) is 5.92 Å². The maximum atomic E-state index is 11.5. The number of fused-ring (bicyclic) bond motifs is 5. The summed E-state index contributed by atoms with van der Waals surface area (Å²) in [6.07, 6.45) is 1.87. The molecule has 1 nitrogen and oxygen atoms in total. The Kier molecular flexibility index (Phi) is 1.57. The molecular formula is C11H9IO. The first-order valence-corrected chi connectivity index (χ1v) is 5.66. The van der Waals surface area contributed by atoms with Crippen LogP contribution in [0.15, 0.2) is 18.2 Å². The van der Waals surface area contributed by atoms with E-state index in [1.165, 1.54) is 14.7 Å². The molecule has 1 aromatic rings. The van der Waals surface area contributed by atoms with Crippen LogP contribution in [0.1, 0.15) is 35.8 Å². The maximum Gasteiger partial charge on any atom is 0.140 e. The van der Waals surface area contributed by atoms with Crippen molar-refractivity contribution in [3.63, 3.8) is 0 Å². The van der Waals surface area contributed by atoms with Crippen molar-refractivity contribution in [3.8, 4) is 0 Å². The number of ketones is 1. The molecule has 0 aromatic heterocycles. The molecule has 2 atom stereocenters. The smallest absolute Gasteiger partial charge is 0.140 e. The van der Waals surface area contributed by atoms with Crippen LogP contribution in [0.4, 0.5) is 0 Å². The Bertz CT molecular complexity index is 397. The van der Waals surface area contributed by atoms with Gasteiger partial charge < -0.3 is 0 Å². The van der Waals surface area contributed by atoms with Crippen LogP contribution >= 0.6 is 22.6 Å². The summed E-state index contributed by atoms with van der Waals surface area (Å²) in [4.78, 5) is 11.5. The van der Waals surface area contributed by atoms with Crippen molar-refractivity contribution in [2.75, 3.05) is 0 Å². The van der Waals surface area contributed by atoms with Gasteiger partial charge in [-0.2, -0.15) is 0 Å². The van der Waals surface area contributed by atoms with Gasteiger partial charge in [0.2, 0.25) is 0 Å². The van der Waals surface area contributed by atoms with Gasteiger partial charge in [-0.05, 0) is 52.1 Å². The van der Waals surface area contributed by atoms with Gasteiger partial charge in [-0.15, -0.1) is 0 Å². The Morgan fingerprint density at radius 2 is 2.23 bits per heavy atom. The molecule has 1 fully saturated rings. The standard InChI is InChI=1S/C11H9IO/c12-9-3-1-2-7-8-4-6(11(7)9)5-10(8)13/h1-3,6,8H,4-5H2. The van der Waals surface area contributed by atoms with Crippen molar-refractivity contribution in [2.24, 2.45) is 0 Å². The molecule has 0 heterocycles. The fourth-order valence-corrected chi connectivity index (χ4v) is 3.65. The number of Topliss-reactive ketones (excluding diaryl/α,β-unsaturated/α-hetero) is 1. The van der Waals surface area contributed by atoms with Crippen molar-refractivity contribution < 1.29 is 4.79 Å². The van der Waals surface area contributed by atoms with E-state index in [4.69, 9.17) is 0 Å². The number of benzene rings is 1. The largest absolute Gasteiger partial charge is 0.299 e. The van der Waals surface area contributed by atoms with Crippen molar-refractivity contribution in [2.45, 2.75) is 24.7 Å². The minimum atomic E-state index is 0.245. The molecule has 0 spiro atoms. The lowest BCUT2D eigenvalue weighted by atomic mass is 9.91. The summed E-state index contributed by atoms with van der Waals surface area (Å²) in [6.45, 7) is 0. The molecule has 3 rings (SSSR count). The quantitative estimate of drug-likeness (QED) is 0.669. The number of carbonyl (C=O) groups excluding carboxylic acids is 1. The zero-order valence-corrected chi connectivity index (χ0v) is 9.24. The number of hydrogen-bond donors (Lipinski definition) is 0. The van der Waals surface area contributed by atoms with E-state index in [9.17, 15) is 4.79 Å². The molecule has 2 bridgehead atoms. The van der Waals surface area contributed by atoms with Gasteiger partial charge in [-0.25, -0.2) is 0 Å². The molecule has 0 aliphatic heterocycles. The van der Waals surface area contributed by atoms with Gasteiger partial charge in [0.15, 0.2) is 0 Å². The minimum Gasteiger partial charge on any atom is -0.299 e. The Balaban J connectivity index is 2.26. The molecule has 66 valence electrons. The Hall–Kier alpha value is -0.380. The molecule has 0 amide bonds. The average Bonchev–Trinajstić information content (AvgIpc) is 2.61. The van der Waals surface area contributed by atoms with Crippen LogP contribution in [-0.2, 0) is 4.79 Å². The summed E-state index contributed by atoms with van der Waals surface area (Å²) in [5, 5.41) is 0. The van der Waals surface area contributed by atoms with Crippen molar-refractivity contribution in [1.29, 1.82) is 0 Å². The second-order valence-electron chi connectivity index (χ2n) is 3.90. The summed E-state index contributed by atoms with van der Waals surface area (Å²) in [6, 6.07) is 6.33. The van der Waals surface area contributed by atoms with Crippen molar-refractivity contribution in [3.05, 3.63) is 32.9 Å².